The maximum Gasteiger partial charge on any atom is 0.573 e. The predicted molar refractivity (Wildman–Crippen MR) is 113 cm³/mol. The summed E-state index contributed by atoms with van der Waals surface area (Å²) in [5.41, 5.74) is -0.957. The molecule has 0 aliphatic carbocycles. The summed E-state index contributed by atoms with van der Waals surface area (Å²) in [7, 11) is 0. The summed E-state index contributed by atoms with van der Waals surface area (Å²) in [6, 6.07) is 9.31. The van der Waals surface area contributed by atoms with E-state index >= 15 is 0 Å². The van der Waals surface area contributed by atoms with E-state index in [2.05, 4.69) is 9.47 Å². The summed E-state index contributed by atoms with van der Waals surface area (Å²) < 4.78 is 129. The van der Waals surface area contributed by atoms with Gasteiger partial charge in [-0.1, -0.05) is 31.2 Å². The van der Waals surface area contributed by atoms with Crippen LogP contribution in [0.15, 0.2) is 66.5 Å². The van der Waals surface area contributed by atoms with Crippen molar-refractivity contribution in [2.75, 3.05) is 0 Å². The summed E-state index contributed by atoms with van der Waals surface area (Å²) in [5.74, 6) is -7.34. The van der Waals surface area contributed by atoms with E-state index in [9.17, 15) is 39.5 Å². The number of allylic oxidation sites excluding steroid dienone is 1. The van der Waals surface area contributed by atoms with Gasteiger partial charge in [0, 0.05) is 12.0 Å². The summed E-state index contributed by atoms with van der Waals surface area (Å²) in [6.07, 6.45) is -8.95. The monoisotopic (exact) mass is 520 g/mol. The number of ether oxygens (including phenoxy) is 2. The average Bonchev–Trinajstić information content (AvgIpc) is 2.80. The number of halogens is 9. The van der Waals surface area contributed by atoms with Crippen LogP contribution in [0.4, 0.5) is 39.5 Å². The van der Waals surface area contributed by atoms with Crippen molar-refractivity contribution in [2.24, 2.45) is 0 Å². The van der Waals surface area contributed by atoms with Crippen molar-refractivity contribution in [2.45, 2.75) is 32.2 Å². The fraction of sp³-hybridized carbons (Fsp3) is 0.200. The molecule has 0 radical (unpaired) electrons. The third-order valence-electron chi connectivity index (χ3n) is 4.83. The van der Waals surface area contributed by atoms with Crippen LogP contribution in [0.25, 0.3) is 17.0 Å². The van der Waals surface area contributed by atoms with E-state index in [0.717, 1.165) is 48.5 Å². The fourth-order valence-corrected chi connectivity index (χ4v) is 3.16. The smallest absolute Gasteiger partial charge is 0.429 e. The van der Waals surface area contributed by atoms with Gasteiger partial charge in [-0.2, -0.15) is 8.78 Å². The van der Waals surface area contributed by atoms with E-state index in [1.54, 1.807) is 6.92 Å². The van der Waals surface area contributed by atoms with E-state index in [0.29, 0.717) is 18.6 Å². The second-order valence-electron chi connectivity index (χ2n) is 7.51. The molecule has 0 bridgehead atoms. The SMILES string of the molecule is CCCC(F)=C(F)c1ccc(C(F)(F)Oc2ccc(-c3cc(F)c(OC(F)(F)F)c(F)c3)cc2)cc1. The highest BCUT2D eigenvalue weighted by Crippen LogP contribution is 2.36. The zero-order chi connectivity index (χ0) is 26.7. The van der Waals surface area contributed by atoms with E-state index < -0.39 is 47.1 Å². The van der Waals surface area contributed by atoms with Gasteiger partial charge in [0.1, 0.15) is 11.6 Å². The van der Waals surface area contributed by atoms with Crippen molar-refractivity contribution in [3.8, 4) is 22.6 Å². The summed E-state index contributed by atoms with van der Waals surface area (Å²) in [5, 5.41) is 0. The molecule has 36 heavy (non-hydrogen) atoms. The van der Waals surface area contributed by atoms with Gasteiger partial charge in [-0.3, -0.25) is 0 Å². The molecule has 11 heteroatoms. The van der Waals surface area contributed by atoms with Crippen LogP contribution in [0, 0.1) is 11.6 Å². The van der Waals surface area contributed by atoms with Gasteiger partial charge in [-0.25, -0.2) is 17.6 Å². The molecule has 3 aromatic rings. The molecular weight excluding hydrogens is 503 g/mol. The quantitative estimate of drug-likeness (QED) is 0.276. The summed E-state index contributed by atoms with van der Waals surface area (Å²) >= 11 is 0. The molecule has 0 unspecified atom stereocenters. The van der Waals surface area contributed by atoms with Crippen LogP contribution in [-0.4, -0.2) is 6.36 Å². The Morgan fingerprint density at radius 1 is 0.750 bits per heavy atom. The standard InChI is InChI=1S/C25H17F9O2/c1-2-3-19(26)22(29)15-4-8-17(9-5-15)24(30,31)35-18-10-6-14(7-11-18)16-12-20(27)23(21(28)13-16)36-25(32,33)34/h4-13H,2-3H2,1H3. The van der Waals surface area contributed by atoms with Gasteiger partial charge >= 0.3 is 12.5 Å². The largest absolute Gasteiger partial charge is 0.573 e. The van der Waals surface area contributed by atoms with Gasteiger partial charge in [0.05, 0.1) is 5.56 Å². The fourth-order valence-electron chi connectivity index (χ4n) is 3.16. The van der Waals surface area contributed by atoms with Gasteiger partial charge in [-0.15, -0.1) is 13.2 Å². The lowest BCUT2D eigenvalue weighted by atomic mass is 10.0. The van der Waals surface area contributed by atoms with Gasteiger partial charge < -0.3 is 9.47 Å². The van der Waals surface area contributed by atoms with Gasteiger partial charge in [0.15, 0.2) is 17.5 Å². The van der Waals surface area contributed by atoms with Crippen LogP contribution < -0.4 is 9.47 Å². The second-order valence-corrected chi connectivity index (χ2v) is 7.51. The van der Waals surface area contributed by atoms with Crippen LogP contribution in [0.3, 0.4) is 0 Å². The molecule has 192 valence electrons. The molecule has 0 aliphatic heterocycles. The molecule has 0 fully saturated rings. The first-order valence-electron chi connectivity index (χ1n) is 10.4. The molecule has 0 amide bonds. The molecule has 3 rings (SSSR count). The van der Waals surface area contributed by atoms with Crippen molar-refractivity contribution in [1.82, 2.24) is 0 Å². The number of alkyl halides is 5. The van der Waals surface area contributed by atoms with Crippen LogP contribution in [0.2, 0.25) is 0 Å². The molecule has 0 N–H and O–H groups in total. The maximum atomic E-state index is 14.6. The lowest BCUT2D eigenvalue weighted by Crippen LogP contribution is -2.21. The van der Waals surface area contributed by atoms with Crippen LogP contribution in [0.5, 0.6) is 11.5 Å². The lowest BCUT2D eigenvalue weighted by Gasteiger charge is -2.19. The number of hydrogen-bond acceptors (Lipinski definition) is 2. The number of rotatable bonds is 8. The van der Waals surface area contributed by atoms with Crippen molar-refractivity contribution in [3.63, 3.8) is 0 Å². The summed E-state index contributed by atoms with van der Waals surface area (Å²) in [6.45, 7) is 1.65. The normalized spacial score (nSPS) is 12.8. The van der Waals surface area contributed by atoms with Gasteiger partial charge in [0.2, 0.25) is 5.75 Å². The second kappa shape index (κ2) is 10.5. The molecule has 0 aromatic heterocycles. The van der Waals surface area contributed by atoms with E-state index in [4.69, 9.17) is 0 Å². The third-order valence-corrected chi connectivity index (χ3v) is 4.83. The maximum absolute atomic E-state index is 14.6. The van der Waals surface area contributed by atoms with E-state index in [1.165, 1.54) is 0 Å². The molecule has 0 atom stereocenters. The molecule has 0 saturated heterocycles. The zero-order valence-corrected chi connectivity index (χ0v) is 18.4. The van der Waals surface area contributed by atoms with Crippen LogP contribution in [0.1, 0.15) is 30.9 Å². The molecule has 0 spiro atoms. The van der Waals surface area contributed by atoms with Crippen molar-refractivity contribution in [3.05, 3.63) is 89.3 Å². The minimum atomic E-state index is -5.30. The number of benzene rings is 3. The highest BCUT2D eigenvalue weighted by Gasteiger charge is 2.35. The van der Waals surface area contributed by atoms with E-state index in [-0.39, 0.29) is 28.9 Å². The summed E-state index contributed by atoms with van der Waals surface area (Å²) in [4.78, 5) is 0. The lowest BCUT2D eigenvalue weighted by molar-refractivity contribution is -0.276. The van der Waals surface area contributed by atoms with Crippen molar-refractivity contribution < 1.29 is 49.0 Å². The first-order chi connectivity index (χ1) is 16.8. The Morgan fingerprint density at radius 2 is 1.31 bits per heavy atom. The van der Waals surface area contributed by atoms with Crippen LogP contribution in [-0.2, 0) is 6.11 Å². The predicted octanol–water partition coefficient (Wildman–Crippen LogP) is 9.07. The first-order valence-corrected chi connectivity index (χ1v) is 10.4. The Balaban J connectivity index is 1.77. The minimum absolute atomic E-state index is 0.0859. The third kappa shape index (κ3) is 6.52. The Morgan fingerprint density at radius 3 is 1.81 bits per heavy atom. The highest BCUT2D eigenvalue weighted by atomic mass is 19.4. The van der Waals surface area contributed by atoms with Crippen LogP contribution >= 0.6 is 0 Å². The Bertz CT molecular complexity index is 1210. The topological polar surface area (TPSA) is 18.5 Å². The van der Waals surface area contributed by atoms with E-state index in [1.807, 2.05) is 0 Å². The molecule has 2 nitrogen and oxygen atoms in total. The van der Waals surface area contributed by atoms with Gasteiger partial charge in [-0.05, 0) is 53.9 Å². The minimum Gasteiger partial charge on any atom is -0.429 e. The molecular formula is C25H17F9O2. The Labute approximate surface area is 199 Å². The Hall–Kier alpha value is -3.63. The van der Waals surface area contributed by atoms with Crippen molar-refractivity contribution in [1.29, 1.82) is 0 Å². The average molecular weight is 520 g/mol. The first kappa shape index (κ1) is 27.0. The highest BCUT2D eigenvalue weighted by molar-refractivity contribution is 5.65. The zero-order valence-electron chi connectivity index (χ0n) is 18.4. The van der Waals surface area contributed by atoms with Gasteiger partial charge in [0.25, 0.3) is 0 Å². The molecule has 0 heterocycles. The molecule has 3 aromatic carbocycles. The Kier molecular flexibility index (Phi) is 7.90. The molecule has 0 aliphatic rings. The molecule has 0 saturated carbocycles. The number of hydrogen-bond donors (Lipinski definition) is 0. The van der Waals surface area contributed by atoms with Crippen molar-refractivity contribution >= 4 is 5.83 Å².